The van der Waals surface area contributed by atoms with Gasteiger partial charge in [0.2, 0.25) is 5.91 Å². The highest BCUT2D eigenvalue weighted by Crippen LogP contribution is 2.14. The van der Waals surface area contributed by atoms with Crippen LogP contribution in [0.15, 0.2) is 60.7 Å². The van der Waals surface area contributed by atoms with Gasteiger partial charge in [-0.05, 0) is 30.5 Å². The second kappa shape index (κ2) is 8.58. The van der Waals surface area contributed by atoms with E-state index in [2.05, 4.69) is 34.5 Å². The lowest BCUT2D eigenvalue weighted by Gasteiger charge is -2.32. The largest absolute Gasteiger partial charge is 0.350 e. The Balaban J connectivity index is 1.44. The van der Waals surface area contributed by atoms with Crippen LogP contribution < -0.4 is 5.32 Å². The van der Waals surface area contributed by atoms with Gasteiger partial charge in [0.25, 0.3) is 0 Å². The lowest BCUT2D eigenvalue weighted by molar-refractivity contribution is -0.117. The van der Waals surface area contributed by atoms with Crippen LogP contribution >= 0.6 is 0 Å². The average molecular weight is 338 g/mol. The summed E-state index contributed by atoms with van der Waals surface area (Å²) in [5.41, 5.74) is 1.74. The van der Waals surface area contributed by atoms with Gasteiger partial charge in [-0.3, -0.25) is 9.69 Å². The summed E-state index contributed by atoms with van der Waals surface area (Å²) in [6, 6.07) is 17.0. The van der Waals surface area contributed by atoms with Crippen LogP contribution in [0, 0.1) is 5.82 Å². The molecule has 3 rings (SSSR count). The van der Waals surface area contributed by atoms with Crippen molar-refractivity contribution in [3.05, 3.63) is 77.6 Å². The Morgan fingerprint density at radius 2 is 1.76 bits per heavy atom. The van der Waals surface area contributed by atoms with Gasteiger partial charge in [-0.2, -0.15) is 0 Å². The maximum atomic E-state index is 13.5. The third kappa shape index (κ3) is 5.26. The van der Waals surface area contributed by atoms with Crippen molar-refractivity contribution in [1.29, 1.82) is 0 Å². The highest BCUT2D eigenvalue weighted by molar-refractivity contribution is 5.91. The van der Waals surface area contributed by atoms with Gasteiger partial charge >= 0.3 is 0 Å². The number of halogens is 1. The predicted octanol–water partition coefficient (Wildman–Crippen LogP) is 3.62. The first-order valence-corrected chi connectivity index (χ1v) is 8.70. The van der Waals surface area contributed by atoms with Crippen molar-refractivity contribution < 1.29 is 9.18 Å². The van der Waals surface area contributed by atoms with Crippen molar-refractivity contribution in [3.63, 3.8) is 0 Å². The molecule has 0 aliphatic carbocycles. The van der Waals surface area contributed by atoms with E-state index >= 15 is 0 Å². The molecule has 0 radical (unpaired) electrons. The van der Waals surface area contributed by atoms with Gasteiger partial charge in [-0.1, -0.05) is 48.5 Å². The summed E-state index contributed by atoms with van der Waals surface area (Å²) in [6.45, 7) is 2.89. The minimum Gasteiger partial charge on any atom is -0.350 e. The fraction of sp³-hybridized carbons (Fsp3) is 0.286. The summed E-state index contributed by atoms with van der Waals surface area (Å²) in [4.78, 5) is 14.4. The van der Waals surface area contributed by atoms with Crippen LogP contribution in [0.3, 0.4) is 0 Å². The number of likely N-dealkylation sites (tertiary alicyclic amines) is 1. The molecule has 2 aromatic carbocycles. The number of carbonyl (C=O) groups excluding carboxylic acids is 1. The number of nitrogens with one attached hydrogen (secondary N) is 1. The van der Waals surface area contributed by atoms with Crippen molar-refractivity contribution >= 4 is 12.0 Å². The molecule has 2 aromatic rings. The quantitative estimate of drug-likeness (QED) is 0.845. The number of rotatable bonds is 5. The third-order valence-corrected chi connectivity index (χ3v) is 4.50. The Morgan fingerprint density at radius 1 is 1.08 bits per heavy atom. The molecule has 1 aliphatic heterocycles. The van der Waals surface area contributed by atoms with Crippen molar-refractivity contribution in [3.8, 4) is 0 Å². The molecule has 0 spiro atoms. The van der Waals surface area contributed by atoms with E-state index in [-0.39, 0.29) is 17.8 Å². The molecule has 0 aromatic heterocycles. The van der Waals surface area contributed by atoms with Crippen LogP contribution in [0.2, 0.25) is 0 Å². The Bertz CT molecular complexity index is 722. The SMILES string of the molecule is O=C(/C=C/c1ccccc1F)NC1CCN(Cc2ccccc2)CC1. The lowest BCUT2D eigenvalue weighted by Crippen LogP contribution is -2.43. The lowest BCUT2D eigenvalue weighted by atomic mass is 10.0. The van der Waals surface area contributed by atoms with Crippen LogP contribution in [0.1, 0.15) is 24.0 Å². The number of hydrogen-bond acceptors (Lipinski definition) is 2. The van der Waals surface area contributed by atoms with E-state index in [4.69, 9.17) is 0 Å². The molecule has 0 bridgehead atoms. The maximum Gasteiger partial charge on any atom is 0.244 e. The summed E-state index contributed by atoms with van der Waals surface area (Å²) in [7, 11) is 0. The summed E-state index contributed by atoms with van der Waals surface area (Å²) in [5.74, 6) is -0.481. The van der Waals surface area contributed by atoms with Crippen molar-refractivity contribution in [2.24, 2.45) is 0 Å². The van der Waals surface area contributed by atoms with E-state index < -0.39 is 0 Å². The molecule has 1 amide bonds. The zero-order valence-corrected chi connectivity index (χ0v) is 14.2. The molecule has 0 atom stereocenters. The summed E-state index contributed by atoms with van der Waals surface area (Å²) < 4.78 is 13.5. The topological polar surface area (TPSA) is 32.3 Å². The summed E-state index contributed by atoms with van der Waals surface area (Å²) in [5, 5.41) is 3.02. The third-order valence-electron chi connectivity index (χ3n) is 4.50. The molecule has 1 fully saturated rings. The van der Waals surface area contributed by atoms with Crippen LogP contribution in [-0.2, 0) is 11.3 Å². The molecule has 1 aliphatic rings. The average Bonchev–Trinajstić information content (AvgIpc) is 2.64. The van der Waals surface area contributed by atoms with Crippen LogP contribution in [0.5, 0.6) is 0 Å². The first-order chi connectivity index (χ1) is 12.2. The fourth-order valence-electron chi connectivity index (χ4n) is 3.10. The van der Waals surface area contributed by atoms with Crippen LogP contribution in [-0.4, -0.2) is 29.9 Å². The van der Waals surface area contributed by atoms with Gasteiger partial charge in [-0.25, -0.2) is 4.39 Å². The second-order valence-electron chi connectivity index (χ2n) is 6.40. The highest BCUT2D eigenvalue weighted by Gasteiger charge is 2.19. The predicted molar refractivity (Wildman–Crippen MR) is 98.3 cm³/mol. The van der Waals surface area contributed by atoms with E-state index in [9.17, 15) is 9.18 Å². The first kappa shape index (κ1) is 17.4. The monoisotopic (exact) mass is 338 g/mol. The standard InChI is InChI=1S/C21H23FN2O/c22-20-9-5-4-8-18(20)10-11-21(25)23-19-12-14-24(15-13-19)16-17-6-2-1-3-7-17/h1-11,19H,12-16H2,(H,23,25)/b11-10+. The molecule has 25 heavy (non-hydrogen) atoms. The van der Waals surface area contributed by atoms with Crippen molar-refractivity contribution in [1.82, 2.24) is 10.2 Å². The number of amides is 1. The van der Waals surface area contributed by atoms with Crippen LogP contribution in [0.4, 0.5) is 4.39 Å². The van der Waals surface area contributed by atoms with Gasteiger partial charge in [0.15, 0.2) is 0 Å². The molecule has 1 saturated heterocycles. The molecule has 0 saturated carbocycles. The zero-order valence-electron chi connectivity index (χ0n) is 14.2. The number of benzene rings is 2. The molecular formula is C21H23FN2O. The molecule has 130 valence electrons. The first-order valence-electron chi connectivity index (χ1n) is 8.70. The number of piperidine rings is 1. The summed E-state index contributed by atoms with van der Waals surface area (Å²) >= 11 is 0. The fourth-order valence-corrected chi connectivity index (χ4v) is 3.10. The molecule has 3 nitrogen and oxygen atoms in total. The normalized spacial score (nSPS) is 16.2. The van der Waals surface area contributed by atoms with Gasteiger partial charge in [0.1, 0.15) is 5.82 Å². The van der Waals surface area contributed by atoms with E-state index in [1.54, 1.807) is 18.2 Å². The Kier molecular flexibility index (Phi) is 5.96. The van der Waals surface area contributed by atoms with E-state index in [1.807, 2.05) is 6.07 Å². The molecule has 1 heterocycles. The van der Waals surface area contributed by atoms with Crippen molar-refractivity contribution in [2.45, 2.75) is 25.4 Å². The van der Waals surface area contributed by atoms with E-state index in [0.29, 0.717) is 5.56 Å². The zero-order chi connectivity index (χ0) is 17.5. The number of nitrogens with zero attached hydrogens (tertiary/aromatic N) is 1. The second-order valence-corrected chi connectivity index (χ2v) is 6.40. The van der Waals surface area contributed by atoms with Gasteiger partial charge in [0.05, 0.1) is 0 Å². The Labute approximate surface area is 148 Å². The molecular weight excluding hydrogens is 315 g/mol. The van der Waals surface area contributed by atoms with E-state index in [1.165, 1.54) is 23.8 Å². The smallest absolute Gasteiger partial charge is 0.244 e. The van der Waals surface area contributed by atoms with Gasteiger partial charge in [0, 0.05) is 37.3 Å². The Morgan fingerprint density at radius 3 is 2.48 bits per heavy atom. The molecule has 1 N–H and O–H groups in total. The maximum absolute atomic E-state index is 13.5. The minimum atomic E-state index is -0.319. The molecule has 0 unspecified atom stereocenters. The van der Waals surface area contributed by atoms with E-state index in [0.717, 1.165) is 32.5 Å². The minimum absolute atomic E-state index is 0.162. The number of carbonyl (C=O) groups is 1. The van der Waals surface area contributed by atoms with Gasteiger partial charge in [-0.15, -0.1) is 0 Å². The highest BCUT2D eigenvalue weighted by atomic mass is 19.1. The van der Waals surface area contributed by atoms with Gasteiger partial charge < -0.3 is 5.32 Å². The molecule has 4 heteroatoms. The number of hydrogen-bond donors (Lipinski definition) is 1. The summed E-state index contributed by atoms with van der Waals surface area (Å²) in [6.07, 6.45) is 4.81. The van der Waals surface area contributed by atoms with Crippen LogP contribution in [0.25, 0.3) is 6.08 Å². The Hall–Kier alpha value is -2.46. The van der Waals surface area contributed by atoms with Crippen molar-refractivity contribution in [2.75, 3.05) is 13.1 Å².